The van der Waals surface area contributed by atoms with E-state index in [0.717, 1.165) is 48.4 Å². The van der Waals surface area contributed by atoms with E-state index in [4.69, 9.17) is 0 Å². The smallest absolute Gasteiger partial charge is 0.253 e. The summed E-state index contributed by atoms with van der Waals surface area (Å²) in [6.07, 6.45) is 5.57. The highest BCUT2D eigenvalue weighted by Crippen LogP contribution is 2.20. The average molecular weight is 335 g/mol. The van der Waals surface area contributed by atoms with E-state index < -0.39 is 0 Å². The molecule has 1 amide bonds. The summed E-state index contributed by atoms with van der Waals surface area (Å²) in [6, 6.07) is 12.1. The number of carbonyl (C=O) groups is 1. The van der Waals surface area contributed by atoms with Crippen LogP contribution in [0, 0.1) is 0 Å². The number of nitrogens with zero attached hydrogens (tertiary/aromatic N) is 4. The number of aromatic nitrogens is 3. The van der Waals surface area contributed by atoms with Crippen molar-refractivity contribution in [3.8, 4) is 11.3 Å². The molecular weight excluding hydrogens is 314 g/mol. The molecule has 1 aliphatic heterocycles. The Kier molecular flexibility index (Phi) is 4.19. The van der Waals surface area contributed by atoms with Crippen molar-refractivity contribution in [1.82, 2.24) is 24.8 Å². The zero-order chi connectivity index (χ0) is 17.2. The van der Waals surface area contributed by atoms with Gasteiger partial charge in [-0.3, -0.25) is 4.79 Å². The molecule has 6 heteroatoms. The van der Waals surface area contributed by atoms with Crippen molar-refractivity contribution >= 4 is 11.6 Å². The Balaban J connectivity index is 1.50. The summed E-state index contributed by atoms with van der Waals surface area (Å²) in [5.74, 6) is 0.110. The van der Waals surface area contributed by atoms with Crippen LogP contribution in [0.25, 0.3) is 16.9 Å². The van der Waals surface area contributed by atoms with E-state index in [1.807, 2.05) is 54.5 Å². The van der Waals surface area contributed by atoms with Gasteiger partial charge in [0.1, 0.15) is 0 Å². The molecule has 6 nitrogen and oxygen atoms in total. The highest BCUT2D eigenvalue weighted by Gasteiger charge is 2.22. The number of hydrogen-bond acceptors (Lipinski definition) is 4. The predicted octanol–water partition coefficient (Wildman–Crippen LogP) is 2.22. The molecule has 128 valence electrons. The fraction of sp³-hybridized carbons (Fsp3) is 0.316. The molecule has 0 saturated carbocycles. The van der Waals surface area contributed by atoms with E-state index in [2.05, 4.69) is 15.4 Å². The maximum Gasteiger partial charge on any atom is 0.253 e. The fourth-order valence-electron chi connectivity index (χ4n) is 3.31. The first-order valence-electron chi connectivity index (χ1n) is 8.62. The molecule has 1 fully saturated rings. The zero-order valence-corrected chi connectivity index (χ0v) is 14.2. The predicted molar refractivity (Wildman–Crippen MR) is 96.4 cm³/mol. The number of nitrogens with one attached hydrogen (secondary N) is 1. The molecule has 2 aromatic heterocycles. The molecule has 0 bridgehead atoms. The van der Waals surface area contributed by atoms with E-state index >= 15 is 0 Å². The second-order valence-corrected chi connectivity index (χ2v) is 6.38. The molecule has 0 spiro atoms. The van der Waals surface area contributed by atoms with Gasteiger partial charge in [-0.1, -0.05) is 12.1 Å². The summed E-state index contributed by atoms with van der Waals surface area (Å²) in [7, 11) is 1.98. The number of rotatable bonds is 3. The van der Waals surface area contributed by atoms with Gasteiger partial charge >= 0.3 is 0 Å². The molecule has 0 atom stereocenters. The van der Waals surface area contributed by atoms with Crippen molar-refractivity contribution in [3.63, 3.8) is 0 Å². The first kappa shape index (κ1) is 15.8. The lowest BCUT2D eigenvalue weighted by molar-refractivity contribution is 0.0707. The Labute approximate surface area is 146 Å². The van der Waals surface area contributed by atoms with Crippen LogP contribution in [0.4, 0.5) is 0 Å². The topological polar surface area (TPSA) is 62.5 Å². The van der Waals surface area contributed by atoms with Gasteiger partial charge in [0.2, 0.25) is 0 Å². The van der Waals surface area contributed by atoms with Crippen molar-refractivity contribution in [1.29, 1.82) is 0 Å². The van der Waals surface area contributed by atoms with Crippen LogP contribution in [0.2, 0.25) is 0 Å². The van der Waals surface area contributed by atoms with Gasteiger partial charge in [-0.05, 0) is 44.2 Å². The Bertz CT molecular complexity index is 878. The van der Waals surface area contributed by atoms with Crippen LogP contribution in [0.5, 0.6) is 0 Å². The van der Waals surface area contributed by atoms with Crippen molar-refractivity contribution in [2.24, 2.45) is 0 Å². The maximum absolute atomic E-state index is 12.7. The summed E-state index contributed by atoms with van der Waals surface area (Å²) in [5.41, 5.74) is 3.40. The molecule has 0 unspecified atom stereocenters. The normalized spacial score (nSPS) is 15.6. The molecule has 0 radical (unpaired) electrons. The van der Waals surface area contributed by atoms with Gasteiger partial charge in [0.15, 0.2) is 5.65 Å². The molecule has 3 heterocycles. The Hall–Kier alpha value is -2.73. The summed E-state index contributed by atoms with van der Waals surface area (Å²) in [4.78, 5) is 18.8. The van der Waals surface area contributed by atoms with Crippen LogP contribution < -0.4 is 5.32 Å². The average Bonchev–Trinajstić information content (AvgIpc) is 3.15. The first-order valence-corrected chi connectivity index (χ1v) is 8.62. The zero-order valence-electron chi connectivity index (χ0n) is 14.2. The monoisotopic (exact) mass is 335 g/mol. The van der Waals surface area contributed by atoms with Crippen LogP contribution in [-0.4, -0.2) is 51.6 Å². The van der Waals surface area contributed by atoms with Gasteiger partial charge in [-0.15, -0.1) is 0 Å². The van der Waals surface area contributed by atoms with E-state index in [-0.39, 0.29) is 5.91 Å². The Morgan fingerprint density at radius 1 is 1.12 bits per heavy atom. The Morgan fingerprint density at radius 2 is 1.88 bits per heavy atom. The molecule has 1 aliphatic rings. The van der Waals surface area contributed by atoms with E-state index in [1.165, 1.54) is 0 Å². The van der Waals surface area contributed by atoms with Gasteiger partial charge in [0, 0.05) is 42.7 Å². The third-order valence-corrected chi connectivity index (χ3v) is 4.87. The van der Waals surface area contributed by atoms with Crippen molar-refractivity contribution < 1.29 is 4.79 Å². The van der Waals surface area contributed by atoms with Crippen LogP contribution in [0.3, 0.4) is 0 Å². The second kappa shape index (κ2) is 6.64. The number of hydrogen-bond donors (Lipinski definition) is 1. The van der Waals surface area contributed by atoms with Crippen LogP contribution >= 0.6 is 0 Å². The summed E-state index contributed by atoms with van der Waals surface area (Å²) < 4.78 is 1.75. The molecule has 1 N–H and O–H groups in total. The minimum absolute atomic E-state index is 0.110. The molecule has 4 rings (SSSR count). The third kappa shape index (κ3) is 3.13. The van der Waals surface area contributed by atoms with Crippen LogP contribution in [0.1, 0.15) is 23.2 Å². The van der Waals surface area contributed by atoms with Crippen LogP contribution in [0.15, 0.2) is 48.8 Å². The van der Waals surface area contributed by atoms with Crippen LogP contribution in [-0.2, 0) is 0 Å². The van der Waals surface area contributed by atoms with Gasteiger partial charge in [-0.25, -0.2) is 9.50 Å². The van der Waals surface area contributed by atoms with Crippen molar-refractivity contribution in [2.45, 2.75) is 18.9 Å². The number of carbonyl (C=O) groups excluding carboxylic acids is 1. The maximum atomic E-state index is 12.7. The molecule has 3 aromatic rings. The lowest BCUT2D eigenvalue weighted by Gasteiger charge is -2.31. The Morgan fingerprint density at radius 3 is 2.60 bits per heavy atom. The summed E-state index contributed by atoms with van der Waals surface area (Å²) in [6.45, 7) is 1.62. The highest BCUT2D eigenvalue weighted by molar-refractivity contribution is 5.94. The van der Waals surface area contributed by atoms with Crippen molar-refractivity contribution in [3.05, 3.63) is 54.4 Å². The molecule has 0 aliphatic carbocycles. The third-order valence-electron chi connectivity index (χ3n) is 4.87. The van der Waals surface area contributed by atoms with Gasteiger partial charge in [0.25, 0.3) is 5.91 Å². The standard InChI is InChI=1S/C19H21N5O/c1-20-16-8-11-23(12-9-16)19(25)15-4-2-14(3-5-15)17-6-7-18-21-10-13-24(18)22-17/h2-7,10,13,16,20H,8-9,11-12H2,1H3. The summed E-state index contributed by atoms with van der Waals surface area (Å²) >= 11 is 0. The SMILES string of the molecule is CNC1CCN(C(=O)c2ccc(-c3ccc4nccn4n3)cc2)CC1. The minimum Gasteiger partial charge on any atom is -0.339 e. The first-order chi connectivity index (χ1) is 12.2. The fourth-order valence-corrected chi connectivity index (χ4v) is 3.31. The number of amides is 1. The number of piperidine rings is 1. The summed E-state index contributed by atoms with van der Waals surface area (Å²) in [5, 5.41) is 7.83. The number of imidazole rings is 1. The van der Waals surface area contributed by atoms with Gasteiger partial charge in [0.05, 0.1) is 5.69 Å². The number of benzene rings is 1. The van der Waals surface area contributed by atoms with Gasteiger partial charge < -0.3 is 10.2 Å². The molecule has 1 aromatic carbocycles. The van der Waals surface area contributed by atoms with E-state index in [1.54, 1.807) is 10.7 Å². The lowest BCUT2D eigenvalue weighted by atomic mass is 10.0. The molecule has 25 heavy (non-hydrogen) atoms. The second-order valence-electron chi connectivity index (χ2n) is 6.38. The van der Waals surface area contributed by atoms with E-state index in [9.17, 15) is 4.79 Å². The molecular formula is C19H21N5O. The molecule has 1 saturated heterocycles. The van der Waals surface area contributed by atoms with Crippen molar-refractivity contribution in [2.75, 3.05) is 20.1 Å². The minimum atomic E-state index is 0.110. The van der Waals surface area contributed by atoms with Gasteiger partial charge in [-0.2, -0.15) is 5.10 Å². The number of fused-ring (bicyclic) bond motifs is 1. The van der Waals surface area contributed by atoms with E-state index in [0.29, 0.717) is 6.04 Å². The quantitative estimate of drug-likeness (QED) is 0.797. The largest absolute Gasteiger partial charge is 0.339 e. The lowest BCUT2D eigenvalue weighted by Crippen LogP contribution is -2.43. The number of likely N-dealkylation sites (tertiary alicyclic amines) is 1. The highest BCUT2D eigenvalue weighted by atomic mass is 16.2.